The molecule has 0 bridgehead atoms. The Labute approximate surface area is 187 Å². The van der Waals surface area contributed by atoms with Gasteiger partial charge in [0.25, 0.3) is 11.5 Å². The summed E-state index contributed by atoms with van der Waals surface area (Å²) in [5.41, 5.74) is -1.40. The standard InChI is InChI=1S/C22H19Cl2F3N2O2/c1-12-7-13(3-4-17(12)19(30)28-20(2)5-6-20)18-11-21(31-29-18,22(25,26)27)14-8-15(23)10-16(24)9-14/h3-4,7-10H,5-6,11H2,1-2H3,(H,28,30). The van der Waals surface area contributed by atoms with Gasteiger partial charge in [0.15, 0.2) is 0 Å². The average molecular weight is 471 g/mol. The van der Waals surface area contributed by atoms with E-state index in [2.05, 4.69) is 10.5 Å². The Balaban J connectivity index is 1.63. The molecule has 1 unspecified atom stereocenters. The molecule has 2 aromatic rings. The van der Waals surface area contributed by atoms with Crippen LogP contribution in [0.15, 0.2) is 41.6 Å². The fourth-order valence-corrected chi connectivity index (χ4v) is 4.12. The number of carbonyl (C=O) groups excluding carboxylic acids is 1. The average Bonchev–Trinajstić information content (AvgIpc) is 3.20. The predicted molar refractivity (Wildman–Crippen MR) is 113 cm³/mol. The maximum atomic E-state index is 14.1. The van der Waals surface area contributed by atoms with Crippen molar-refractivity contribution in [1.82, 2.24) is 5.32 Å². The van der Waals surface area contributed by atoms with Crippen molar-refractivity contribution in [2.75, 3.05) is 0 Å². The van der Waals surface area contributed by atoms with E-state index >= 15 is 0 Å². The number of amides is 1. The van der Waals surface area contributed by atoms with Gasteiger partial charge in [-0.25, -0.2) is 0 Å². The molecule has 4 nitrogen and oxygen atoms in total. The van der Waals surface area contributed by atoms with Crippen LogP contribution in [0, 0.1) is 6.92 Å². The van der Waals surface area contributed by atoms with Crippen molar-refractivity contribution >= 4 is 34.8 Å². The van der Waals surface area contributed by atoms with Gasteiger partial charge >= 0.3 is 6.18 Å². The highest BCUT2D eigenvalue weighted by Crippen LogP contribution is 2.49. The van der Waals surface area contributed by atoms with Crippen LogP contribution in [0.1, 0.15) is 53.2 Å². The summed E-state index contributed by atoms with van der Waals surface area (Å²) in [4.78, 5) is 17.5. The quantitative estimate of drug-likeness (QED) is 0.580. The van der Waals surface area contributed by atoms with Crippen LogP contribution >= 0.6 is 23.2 Å². The number of hydrogen-bond donors (Lipinski definition) is 1. The molecular formula is C22H19Cl2F3N2O2. The molecule has 9 heteroatoms. The molecule has 0 radical (unpaired) electrons. The second-order valence-electron chi connectivity index (χ2n) is 8.33. The lowest BCUT2D eigenvalue weighted by molar-refractivity contribution is -0.275. The summed E-state index contributed by atoms with van der Waals surface area (Å²) in [6, 6.07) is 8.52. The van der Waals surface area contributed by atoms with Gasteiger partial charge in [0.2, 0.25) is 0 Å². The lowest BCUT2D eigenvalue weighted by Crippen LogP contribution is -2.42. The highest BCUT2D eigenvalue weighted by atomic mass is 35.5. The van der Waals surface area contributed by atoms with Crippen LogP contribution in [-0.2, 0) is 10.4 Å². The zero-order valence-corrected chi connectivity index (χ0v) is 18.3. The number of halogens is 5. The minimum atomic E-state index is -4.76. The molecule has 0 spiro atoms. The van der Waals surface area contributed by atoms with Crippen LogP contribution in [-0.4, -0.2) is 23.3 Å². The Hall–Kier alpha value is -2.25. The summed E-state index contributed by atoms with van der Waals surface area (Å²) < 4.78 is 42.4. The molecule has 1 atom stereocenters. The third-order valence-electron chi connectivity index (χ3n) is 5.73. The molecule has 164 valence electrons. The van der Waals surface area contributed by atoms with Crippen LogP contribution in [0.25, 0.3) is 0 Å². The Kier molecular flexibility index (Phi) is 5.25. The summed E-state index contributed by atoms with van der Waals surface area (Å²) in [6.07, 6.45) is -3.45. The van der Waals surface area contributed by atoms with Gasteiger partial charge in [-0.3, -0.25) is 4.79 Å². The van der Waals surface area contributed by atoms with Crippen molar-refractivity contribution in [2.24, 2.45) is 5.16 Å². The molecule has 1 fully saturated rings. The Morgan fingerprint density at radius 2 is 1.77 bits per heavy atom. The molecule has 1 aliphatic heterocycles. The van der Waals surface area contributed by atoms with Crippen molar-refractivity contribution in [2.45, 2.75) is 50.4 Å². The SMILES string of the molecule is Cc1cc(C2=NOC(c3cc(Cl)cc(Cl)c3)(C(F)(F)F)C2)ccc1C(=O)NC1(C)CC1. The maximum absolute atomic E-state index is 14.1. The summed E-state index contributed by atoms with van der Waals surface area (Å²) in [5, 5.41) is 6.87. The lowest BCUT2D eigenvalue weighted by Gasteiger charge is -2.29. The first-order valence-corrected chi connectivity index (χ1v) is 10.4. The van der Waals surface area contributed by atoms with Gasteiger partial charge in [0.1, 0.15) is 0 Å². The van der Waals surface area contributed by atoms with Crippen LogP contribution in [0.3, 0.4) is 0 Å². The summed E-state index contributed by atoms with van der Waals surface area (Å²) in [6.45, 7) is 3.70. The normalized spacial score (nSPS) is 22.0. The highest BCUT2D eigenvalue weighted by molar-refractivity contribution is 6.34. The van der Waals surface area contributed by atoms with E-state index in [4.69, 9.17) is 28.0 Å². The molecular weight excluding hydrogens is 452 g/mol. The second-order valence-corrected chi connectivity index (χ2v) is 9.21. The smallest absolute Gasteiger partial charge is 0.374 e. The van der Waals surface area contributed by atoms with Crippen LogP contribution in [0.4, 0.5) is 13.2 Å². The number of rotatable bonds is 4. The molecule has 1 N–H and O–H groups in total. The Morgan fingerprint density at radius 3 is 2.32 bits per heavy atom. The zero-order chi connectivity index (χ0) is 22.6. The van der Waals surface area contributed by atoms with Crippen LogP contribution < -0.4 is 5.32 Å². The highest BCUT2D eigenvalue weighted by Gasteiger charge is 2.62. The van der Waals surface area contributed by atoms with Crippen LogP contribution in [0.5, 0.6) is 0 Å². The first-order chi connectivity index (χ1) is 14.4. The number of nitrogens with zero attached hydrogens (tertiary/aromatic N) is 1. The largest absolute Gasteiger partial charge is 0.435 e. The topological polar surface area (TPSA) is 50.7 Å². The van der Waals surface area contributed by atoms with Gasteiger partial charge in [0, 0.05) is 33.1 Å². The summed E-state index contributed by atoms with van der Waals surface area (Å²) >= 11 is 11.9. The van der Waals surface area contributed by atoms with Gasteiger partial charge in [0.05, 0.1) is 5.71 Å². The van der Waals surface area contributed by atoms with Crippen molar-refractivity contribution in [3.63, 3.8) is 0 Å². The first-order valence-electron chi connectivity index (χ1n) is 9.64. The molecule has 31 heavy (non-hydrogen) atoms. The molecule has 0 saturated heterocycles. The fraction of sp³-hybridized carbons (Fsp3) is 0.364. The van der Waals surface area contributed by atoms with Crippen molar-refractivity contribution in [3.05, 3.63) is 68.7 Å². The van der Waals surface area contributed by atoms with E-state index < -0.39 is 18.2 Å². The number of carbonyl (C=O) groups is 1. The zero-order valence-electron chi connectivity index (χ0n) is 16.7. The van der Waals surface area contributed by atoms with E-state index in [0.717, 1.165) is 12.8 Å². The van der Waals surface area contributed by atoms with Gasteiger partial charge in [-0.1, -0.05) is 34.4 Å². The molecule has 0 aromatic heterocycles. The third-order valence-corrected chi connectivity index (χ3v) is 6.17. The van der Waals surface area contributed by atoms with Crippen molar-refractivity contribution in [3.8, 4) is 0 Å². The van der Waals surface area contributed by atoms with Gasteiger partial charge in [-0.05, 0) is 68.1 Å². The Bertz CT molecular complexity index is 1080. The molecule has 2 aliphatic rings. The minimum absolute atomic E-state index is 0.0683. The summed E-state index contributed by atoms with van der Waals surface area (Å²) in [7, 11) is 0. The Morgan fingerprint density at radius 1 is 1.13 bits per heavy atom. The van der Waals surface area contributed by atoms with E-state index in [1.54, 1.807) is 25.1 Å². The number of oxime groups is 1. The van der Waals surface area contributed by atoms with Crippen molar-refractivity contribution in [1.29, 1.82) is 0 Å². The molecule has 1 heterocycles. The van der Waals surface area contributed by atoms with E-state index in [1.165, 1.54) is 18.2 Å². The molecule has 1 amide bonds. The van der Waals surface area contributed by atoms with E-state index in [0.29, 0.717) is 16.7 Å². The van der Waals surface area contributed by atoms with Crippen molar-refractivity contribution < 1.29 is 22.8 Å². The number of alkyl halides is 3. The fourth-order valence-electron chi connectivity index (χ4n) is 3.60. The number of nitrogens with one attached hydrogen (secondary N) is 1. The van der Waals surface area contributed by atoms with Gasteiger partial charge in [-0.15, -0.1) is 0 Å². The monoisotopic (exact) mass is 470 g/mol. The second kappa shape index (κ2) is 7.41. The van der Waals surface area contributed by atoms with Crippen LogP contribution in [0.2, 0.25) is 10.0 Å². The third kappa shape index (κ3) is 4.13. The summed E-state index contributed by atoms with van der Waals surface area (Å²) in [5.74, 6) is -0.202. The van der Waals surface area contributed by atoms with E-state index in [9.17, 15) is 18.0 Å². The minimum Gasteiger partial charge on any atom is -0.374 e. The molecule has 4 rings (SSSR count). The van der Waals surface area contributed by atoms with Gasteiger partial charge in [-0.2, -0.15) is 13.2 Å². The number of hydrogen-bond acceptors (Lipinski definition) is 3. The lowest BCUT2D eigenvalue weighted by atomic mass is 9.86. The number of aryl methyl sites for hydroxylation is 1. The molecule has 1 saturated carbocycles. The first kappa shape index (κ1) is 22.0. The molecule has 1 aliphatic carbocycles. The van der Waals surface area contributed by atoms with E-state index in [-0.39, 0.29) is 32.8 Å². The number of benzene rings is 2. The van der Waals surface area contributed by atoms with Gasteiger partial charge < -0.3 is 10.2 Å². The maximum Gasteiger partial charge on any atom is 0.435 e. The predicted octanol–water partition coefficient (Wildman–Crippen LogP) is 6.17. The van der Waals surface area contributed by atoms with E-state index in [1.807, 2.05) is 6.92 Å². The molecule has 2 aromatic carbocycles.